The Bertz CT molecular complexity index is 605. The van der Waals surface area contributed by atoms with Crippen LogP contribution in [0.1, 0.15) is 11.1 Å². The average Bonchev–Trinajstić information content (AvgIpc) is 2.67. The molecule has 0 amide bonds. The van der Waals surface area contributed by atoms with Crippen LogP contribution in [0.2, 0.25) is 0 Å². The second kappa shape index (κ2) is 4.65. The molecule has 0 unspecified atom stereocenters. The molecule has 2 aromatic rings. The van der Waals surface area contributed by atoms with Gasteiger partial charge in [0, 0.05) is 28.2 Å². The molecule has 2 N–H and O–H groups in total. The van der Waals surface area contributed by atoms with Crippen molar-refractivity contribution in [3.05, 3.63) is 27.9 Å². The minimum absolute atomic E-state index is 0.634. The Labute approximate surface area is 115 Å². The second-order valence-electron chi connectivity index (χ2n) is 4.28. The fourth-order valence-corrected chi connectivity index (χ4v) is 2.35. The monoisotopic (exact) mass is 309 g/mol. The summed E-state index contributed by atoms with van der Waals surface area (Å²) in [6.45, 7) is 4.07. The van der Waals surface area contributed by atoms with Gasteiger partial charge in [-0.3, -0.25) is 4.68 Å². The van der Waals surface area contributed by atoms with Crippen LogP contribution >= 0.6 is 15.9 Å². The molecule has 0 saturated heterocycles. The van der Waals surface area contributed by atoms with Gasteiger partial charge in [-0.2, -0.15) is 5.10 Å². The van der Waals surface area contributed by atoms with Crippen LogP contribution in [0.4, 0.5) is 5.82 Å². The minimum atomic E-state index is 0.634. The molecule has 1 aromatic heterocycles. The topological polar surface area (TPSA) is 53.1 Å². The Morgan fingerprint density at radius 3 is 2.50 bits per heavy atom. The van der Waals surface area contributed by atoms with E-state index in [0.717, 1.165) is 32.5 Å². The first-order valence-corrected chi connectivity index (χ1v) is 6.38. The van der Waals surface area contributed by atoms with Crippen LogP contribution in [0.25, 0.3) is 11.1 Å². The van der Waals surface area contributed by atoms with Gasteiger partial charge in [0.1, 0.15) is 11.6 Å². The smallest absolute Gasteiger partial charge is 0.130 e. The maximum atomic E-state index is 6.03. The van der Waals surface area contributed by atoms with Crippen molar-refractivity contribution >= 4 is 21.7 Å². The number of hydrogen-bond acceptors (Lipinski definition) is 3. The summed E-state index contributed by atoms with van der Waals surface area (Å²) in [5.41, 5.74) is 10.1. The third kappa shape index (κ3) is 1.88. The predicted molar refractivity (Wildman–Crippen MR) is 76.8 cm³/mol. The zero-order chi connectivity index (χ0) is 13.4. The summed E-state index contributed by atoms with van der Waals surface area (Å²) < 4.78 is 8.22. The van der Waals surface area contributed by atoms with Crippen LogP contribution in [-0.2, 0) is 7.05 Å². The van der Waals surface area contributed by atoms with Gasteiger partial charge in [0.05, 0.1) is 13.3 Å². The Hall–Kier alpha value is -1.49. The number of nitrogens with two attached hydrogens (primary N) is 1. The third-order valence-corrected chi connectivity index (χ3v) is 4.32. The van der Waals surface area contributed by atoms with Crippen LogP contribution < -0.4 is 10.5 Å². The summed E-state index contributed by atoms with van der Waals surface area (Å²) in [5.74, 6) is 1.46. The fourth-order valence-electron chi connectivity index (χ4n) is 2.06. The number of methoxy groups -OCH3 is 1. The molecule has 0 atom stereocenters. The quantitative estimate of drug-likeness (QED) is 0.927. The summed E-state index contributed by atoms with van der Waals surface area (Å²) in [6, 6.07) is 2.06. The second-order valence-corrected chi connectivity index (χ2v) is 5.07. The van der Waals surface area contributed by atoms with E-state index in [0.29, 0.717) is 5.82 Å². The summed E-state index contributed by atoms with van der Waals surface area (Å²) in [6.07, 6.45) is 1.76. The number of halogens is 1. The zero-order valence-corrected chi connectivity index (χ0v) is 12.5. The normalized spacial score (nSPS) is 10.7. The molecule has 0 bridgehead atoms. The summed E-state index contributed by atoms with van der Waals surface area (Å²) >= 11 is 3.57. The van der Waals surface area contributed by atoms with Crippen LogP contribution in [0, 0.1) is 13.8 Å². The van der Waals surface area contributed by atoms with E-state index >= 15 is 0 Å². The van der Waals surface area contributed by atoms with Crippen molar-refractivity contribution in [1.29, 1.82) is 0 Å². The highest BCUT2D eigenvalue weighted by atomic mass is 79.9. The largest absolute Gasteiger partial charge is 0.496 e. The number of benzene rings is 1. The lowest BCUT2D eigenvalue weighted by Crippen LogP contribution is -2.00. The maximum absolute atomic E-state index is 6.03. The van der Waals surface area contributed by atoms with Crippen molar-refractivity contribution in [2.75, 3.05) is 12.8 Å². The van der Waals surface area contributed by atoms with E-state index in [1.54, 1.807) is 18.0 Å². The van der Waals surface area contributed by atoms with Crippen LogP contribution in [0.5, 0.6) is 5.75 Å². The van der Waals surface area contributed by atoms with Crippen molar-refractivity contribution in [1.82, 2.24) is 9.78 Å². The molecule has 1 heterocycles. The van der Waals surface area contributed by atoms with Gasteiger partial charge in [0.15, 0.2) is 0 Å². The van der Waals surface area contributed by atoms with Crippen LogP contribution in [0.3, 0.4) is 0 Å². The lowest BCUT2D eigenvalue weighted by molar-refractivity contribution is 0.413. The Balaban J connectivity index is 2.75. The molecule has 5 heteroatoms. The molecule has 0 aliphatic rings. The Kier molecular flexibility index (Phi) is 3.34. The molecule has 0 aliphatic carbocycles. The average molecular weight is 310 g/mol. The summed E-state index contributed by atoms with van der Waals surface area (Å²) in [5, 5.41) is 4.17. The molecule has 0 spiro atoms. The highest BCUT2D eigenvalue weighted by molar-refractivity contribution is 9.10. The van der Waals surface area contributed by atoms with Crippen molar-refractivity contribution in [2.45, 2.75) is 13.8 Å². The minimum Gasteiger partial charge on any atom is -0.496 e. The zero-order valence-electron chi connectivity index (χ0n) is 10.9. The number of ether oxygens (including phenoxy) is 1. The molecule has 1 aromatic carbocycles. The number of aromatic nitrogens is 2. The number of hydrogen-bond donors (Lipinski definition) is 1. The van der Waals surface area contributed by atoms with Crippen molar-refractivity contribution in [2.24, 2.45) is 7.05 Å². The van der Waals surface area contributed by atoms with Crippen molar-refractivity contribution in [3.8, 4) is 16.9 Å². The van der Waals surface area contributed by atoms with Gasteiger partial charge in [-0.15, -0.1) is 0 Å². The van der Waals surface area contributed by atoms with Gasteiger partial charge in [-0.25, -0.2) is 0 Å². The van der Waals surface area contributed by atoms with E-state index in [4.69, 9.17) is 10.5 Å². The summed E-state index contributed by atoms with van der Waals surface area (Å²) in [4.78, 5) is 0. The molecule has 0 radical (unpaired) electrons. The number of aryl methyl sites for hydroxylation is 2. The number of nitrogen functional groups attached to an aromatic ring is 1. The molecule has 96 valence electrons. The molecular weight excluding hydrogens is 294 g/mol. The first-order chi connectivity index (χ1) is 8.47. The first-order valence-electron chi connectivity index (χ1n) is 5.59. The fraction of sp³-hybridized carbons (Fsp3) is 0.308. The SMILES string of the molecule is COc1c(-c2cnn(C)c2N)cc(C)c(Br)c1C. The van der Waals surface area contributed by atoms with Crippen molar-refractivity contribution in [3.63, 3.8) is 0 Å². The molecule has 4 nitrogen and oxygen atoms in total. The van der Waals surface area contributed by atoms with E-state index in [9.17, 15) is 0 Å². The van der Waals surface area contributed by atoms with E-state index in [2.05, 4.69) is 27.1 Å². The molecule has 0 fully saturated rings. The van der Waals surface area contributed by atoms with Crippen LogP contribution in [-0.4, -0.2) is 16.9 Å². The Morgan fingerprint density at radius 2 is 2.00 bits per heavy atom. The molecule has 2 rings (SSSR count). The van der Waals surface area contributed by atoms with Gasteiger partial charge < -0.3 is 10.5 Å². The molecule has 18 heavy (non-hydrogen) atoms. The molecular formula is C13H16BrN3O. The third-order valence-electron chi connectivity index (χ3n) is 3.10. The van der Waals surface area contributed by atoms with E-state index in [-0.39, 0.29) is 0 Å². The van der Waals surface area contributed by atoms with Gasteiger partial charge in [-0.05, 0) is 25.5 Å². The maximum Gasteiger partial charge on any atom is 0.130 e. The van der Waals surface area contributed by atoms with Gasteiger partial charge in [-0.1, -0.05) is 15.9 Å². The van der Waals surface area contributed by atoms with Gasteiger partial charge in [0.25, 0.3) is 0 Å². The van der Waals surface area contributed by atoms with Gasteiger partial charge in [0.2, 0.25) is 0 Å². The highest BCUT2D eigenvalue weighted by Crippen LogP contribution is 2.40. The van der Waals surface area contributed by atoms with E-state index < -0.39 is 0 Å². The number of anilines is 1. The van der Waals surface area contributed by atoms with Gasteiger partial charge >= 0.3 is 0 Å². The lowest BCUT2D eigenvalue weighted by atomic mass is 10.0. The van der Waals surface area contributed by atoms with Crippen LogP contribution in [0.15, 0.2) is 16.7 Å². The van der Waals surface area contributed by atoms with E-state index in [1.165, 1.54) is 0 Å². The standard InChI is InChI=1S/C13H16BrN3O/c1-7-5-9(10-6-16-17(3)13(10)15)12(18-4)8(2)11(7)14/h5-6H,15H2,1-4H3. The number of rotatable bonds is 2. The van der Waals surface area contributed by atoms with E-state index in [1.807, 2.05) is 20.9 Å². The lowest BCUT2D eigenvalue weighted by Gasteiger charge is -2.14. The predicted octanol–water partition coefficient (Wildman–Crippen LogP) is 3.06. The van der Waals surface area contributed by atoms with Crippen molar-refractivity contribution < 1.29 is 4.74 Å². The molecule has 0 saturated carbocycles. The Morgan fingerprint density at radius 1 is 1.33 bits per heavy atom. The first kappa shape index (κ1) is 13.0. The molecule has 0 aliphatic heterocycles. The summed E-state index contributed by atoms with van der Waals surface area (Å²) in [7, 11) is 3.49. The highest BCUT2D eigenvalue weighted by Gasteiger charge is 2.17. The number of nitrogens with zero attached hydrogens (tertiary/aromatic N) is 2.